The van der Waals surface area contributed by atoms with Gasteiger partial charge in [-0.05, 0) is 19.2 Å². The molecule has 4 nitrogen and oxygen atoms in total. The third kappa shape index (κ3) is 3.97. The number of hydrogen-bond acceptors (Lipinski definition) is 3. The minimum absolute atomic E-state index is 0.106. The van der Waals surface area contributed by atoms with Gasteiger partial charge >= 0.3 is 0 Å². The van der Waals surface area contributed by atoms with Gasteiger partial charge in [-0.2, -0.15) is 0 Å². The van der Waals surface area contributed by atoms with Gasteiger partial charge < -0.3 is 9.80 Å². The predicted molar refractivity (Wildman–Crippen MR) is 90.6 cm³/mol. The topological polar surface area (TPSA) is 36.4 Å². The van der Waals surface area contributed by atoms with E-state index in [-0.39, 0.29) is 5.91 Å². The molecule has 0 spiro atoms. The van der Waals surface area contributed by atoms with E-state index in [2.05, 4.69) is 28.8 Å². The van der Waals surface area contributed by atoms with Crippen molar-refractivity contribution in [2.75, 3.05) is 33.2 Å². The number of amides is 1. The van der Waals surface area contributed by atoms with Gasteiger partial charge in [0.25, 0.3) is 5.91 Å². The van der Waals surface area contributed by atoms with Crippen molar-refractivity contribution >= 4 is 5.91 Å². The van der Waals surface area contributed by atoms with Crippen molar-refractivity contribution in [1.82, 2.24) is 14.8 Å². The highest BCUT2D eigenvalue weighted by molar-refractivity contribution is 5.94. The lowest BCUT2D eigenvalue weighted by molar-refractivity contribution is -0.126. The highest BCUT2D eigenvalue weighted by Gasteiger charge is 2.17. The van der Waals surface area contributed by atoms with Gasteiger partial charge in [0.1, 0.15) is 0 Å². The zero-order valence-electron chi connectivity index (χ0n) is 13.2. The van der Waals surface area contributed by atoms with Crippen molar-refractivity contribution in [2.45, 2.75) is 0 Å². The number of hydrogen-bond donors (Lipinski definition) is 0. The summed E-state index contributed by atoms with van der Waals surface area (Å²) in [5.41, 5.74) is 2.73. The summed E-state index contributed by atoms with van der Waals surface area (Å²) < 4.78 is 0. The maximum atomic E-state index is 12.1. The molecule has 116 valence electrons. The maximum absolute atomic E-state index is 12.1. The molecule has 0 unspecified atom stereocenters. The molecule has 0 N–H and O–H groups in total. The van der Waals surface area contributed by atoms with E-state index in [9.17, 15) is 4.79 Å². The van der Waals surface area contributed by atoms with Crippen LogP contribution in [0.5, 0.6) is 0 Å². The molecule has 2 aromatic rings. The van der Waals surface area contributed by atoms with Gasteiger partial charge in [-0.15, -0.1) is 0 Å². The van der Waals surface area contributed by atoms with Gasteiger partial charge in [0.15, 0.2) is 0 Å². The Balaban J connectivity index is 1.66. The Kier molecular flexibility index (Phi) is 4.70. The molecule has 0 aliphatic carbocycles. The Bertz CT molecular complexity index is 721. The van der Waals surface area contributed by atoms with Gasteiger partial charge in [-0.25, -0.2) is 0 Å². The Morgan fingerprint density at radius 2 is 1.78 bits per heavy atom. The van der Waals surface area contributed by atoms with Crippen LogP contribution in [-0.4, -0.2) is 53.9 Å². The first-order chi connectivity index (χ1) is 11.2. The summed E-state index contributed by atoms with van der Waals surface area (Å²) in [6, 6.07) is 13.8. The van der Waals surface area contributed by atoms with E-state index in [0.29, 0.717) is 0 Å². The number of carbonyl (C=O) groups excluding carboxylic acids is 1. The molecular weight excluding hydrogens is 286 g/mol. The minimum Gasteiger partial charge on any atom is -0.329 e. The molecule has 4 heteroatoms. The zero-order valence-corrected chi connectivity index (χ0v) is 13.2. The van der Waals surface area contributed by atoms with Gasteiger partial charge in [0, 0.05) is 49.4 Å². The summed E-state index contributed by atoms with van der Waals surface area (Å²) in [6.07, 6.45) is 1.71. The number of piperazine rings is 1. The Labute approximate surface area is 136 Å². The van der Waals surface area contributed by atoms with E-state index >= 15 is 0 Å². The minimum atomic E-state index is -0.106. The monoisotopic (exact) mass is 305 g/mol. The number of pyridine rings is 1. The number of likely N-dealkylation sites (N-methyl/N-ethyl adjacent to an activating group) is 1. The molecule has 3 rings (SSSR count). The second-order valence-electron chi connectivity index (χ2n) is 5.64. The number of carbonyl (C=O) groups is 1. The molecule has 1 amide bonds. The molecule has 1 aliphatic heterocycles. The Hall–Kier alpha value is -2.64. The molecule has 1 saturated heterocycles. The van der Waals surface area contributed by atoms with E-state index in [1.807, 2.05) is 42.5 Å². The normalized spacial score (nSPS) is 14.9. The number of aromatic nitrogens is 1. The largest absolute Gasteiger partial charge is 0.329 e. The van der Waals surface area contributed by atoms with Crippen LogP contribution in [0.3, 0.4) is 0 Å². The second kappa shape index (κ2) is 7.08. The molecule has 0 radical (unpaired) electrons. The summed E-state index contributed by atoms with van der Waals surface area (Å²) in [7, 11) is 2.06. The van der Waals surface area contributed by atoms with Crippen LogP contribution >= 0.6 is 0 Å². The van der Waals surface area contributed by atoms with Crippen molar-refractivity contribution in [2.24, 2.45) is 0 Å². The molecule has 1 aromatic heterocycles. The molecule has 1 fully saturated rings. The van der Waals surface area contributed by atoms with Crippen LogP contribution in [0.2, 0.25) is 0 Å². The fraction of sp³-hybridized carbons (Fsp3) is 0.263. The quantitative estimate of drug-likeness (QED) is 0.755. The fourth-order valence-electron chi connectivity index (χ4n) is 2.46. The lowest BCUT2D eigenvalue weighted by atomic mass is 10.1. The fourth-order valence-corrected chi connectivity index (χ4v) is 2.46. The molecule has 23 heavy (non-hydrogen) atoms. The summed E-state index contributed by atoms with van der Waals surface area (Å²) >= 11 is 0. The summed E-state index contributed by atoms with van der Waals surface area (Å²) in [5, 5.41) is 0. The average Bonchev–Trinajstić information content (AvgIpc) is 2.61. The molecule has 1 aliphatic rings. The third-order valence-corrected chi connectivity index (χ3v) is 3.94. The number of nitrogens with zero attached hydrogens (tertiary/aromatic N) is 3. The highest BCUT2D eigenvalue weighted by atomic mass is 16.2. The van der Waals surface area contributed by atoms with Crippen LogP contribution < -0.4 is 0 Å². The van der Waals surface area contributed by atoms with Crippen LogP contribution in [0.15, 0.2) is 48.7 Å². The van der Waals surface area contributed by atoms with Crippen molar-refractivity contribution in [3.8, 4) is 23.1 Å². The van der Waals surface area contributed by atoms with Crippen molar-refractivity contribution in [3.63, 3.8) is 0 Å². The van der Waals surface area contributed by atoms with E-state index in [0.717, 1.165) is 43.0 Å². The Morgan fingerprint density at radius 1 is 1.04 bits per heavy atom. The first-order valence-corrected chi connectivity index (χ1v) is 7.73. The van der Waals surface area contributed by atoms with Crippen LogP contribution in [0.25, 0.3) is 11.3 Å². The Morgan fingerprint density at radius 3 is 2.43 bits per heavy atom. The van der Waals surface area contributed by atoms with E-state index in [4.69, 9.17) is 0 Å². The lowest BCUT2D eigenvalue weighted by Gasteiger charge is -2.30. The summed E-state index contributed by atoms with van der Waals surface area (Å²) in [4.78, 5) is 20.5. The predicted octanol–water partition coefficient (Wildman–Crippen LogP) is 1.87. The smallest absolute Gasteiger partial charge is 0.298 e. The van der Waals surface area contributed by atoms with Crippen molar-refractivity contribution in [3.05, 3.63) is 54.2 Å². The second-order valence-corrected chi connectivity index (χ2v) is 5.64. The standard InChI is InChI=1S/C19H19N3O/c1-21-11-13-22(14-12-21)19(23)10-8-16-7-9-18(20-15-16)17-5-3-2-4-6-17/h2-7,9,15H,11-14H2,1H3. The van der Waals surface area contributed by atoms with Crippen LogP contribution in [0, 0.1) is 11.8 Å². The van der Waals surface area contributed by atoms with E-state index < -0.39 is 0 Å². The molecule has 1 aromatic carbocycles. The van der Waals surface area contributed by atoms with Crippen LogP contribution in [0.1, 0.15) is 5.56 Å². The first-order valence-electron chi connectivity index (χ1n) is 7.73. The molecule has 0 saturated carbocycles. The summed E-state index contributed by atoms with van der Waals surface area (Å²) in [6.45, 7) is 3.30. The van der Waals surface area contributed by atoms with Crippen LogP contribution in [-0.2, 0) is 4.79 Å². The van der Waals surface area contributed by atoms with Crippen LogP contribution in [0.4, 0.5) is 0 Å². The SMILES string of the molecule is CN1CCN(C(=O)C#Cc2ccc(-c3ccccc3)nc2)CC1. The lowest BCUT2D eigenvalue weighted by Crippen LogP contribution is -2.46. The van der Waals surface area contributed by atoms with Crippen molar-refractivity contribution in [1.29, 1.82) is 0 Å². The van der Waals surface area contributed by atoms with Gasteiger partial charge in [0.2, 0.25) is 0 Å². The molecular formula is C19H19N3O. The highest BCUT2D eigenvalue weighted by Crippen LogP contribution is 2.15. The number of rotatable bonds is 1. The molecule has 0 bridgehead atoms. The zero-order chi connectivity index (χ0) is 16.1. The van der Waals surface area contributed by atoms with E-state index in [1.165, 1.54) is 0 Å². The molecule has 0 atom stereocenters. The van der Waals surface area contributed by atoms with Gasteiger partial charge in [-0.3, -0.25) is 9.78 Å². The van der Waals surface area contributed by atoms with Gasteiger partial charge in [-0.1, -0.05) is 36.3 Å². The first kappa shape index (κ1) is 15.3. The number of benzene rings is 1. The van der Waals surface area contributed by atoms with Crippen molar-refractivity contribution < 1.29 is 4.79 Å². The van der Waals surface area contributed by atoms with Gasteiger partial charge in [0.05, 0.1) is 5.69 Å². The third-order valence-electron chi connectivity index (χ3n) is 3.94. The maximum Gasteiger partial charge on any atom is 0.298 e. The molecule has 2 heterocycles. The average molecular weight is 305 g/mol. The summed E-state index contributed by atoms with van der Waals surface area (Å²) in [5.74, 6) is 5.53. The van der Waals surface area contributed by atoms with E-state index in [1.54, 1.807) is 11.1 Å².